The normalized spacial score (nSPS) is 10.5. The highest BCUT2D eigenvalue weighted by atomic mass is 127. The number of aryl methyl sites for hydroxylation is 1. The largest absolute Gasteiger partial charge is 0.369 e. The average molecular weight is 368 g/mol. The third kappa shape index (κ3) is 3.86. The van der Waals surface area contributed by atoms with Gasteiger partial charge < -0.3 is 5.32 Å². The summed E-state index contributed by atoms with van der Waals surface area (Å²) in [7, 11) is 0. The van der Waals surface area contributed by atoms with Crippen molar-refractivity contribution in [3.63, 3.8) is 0 Å². The van der Waals surface area contributed by atoms with Crippen molar-refractivity contribution < 1.29 is 0 Å². The van der Waals surface area contributed by atoms with Crippen LogP contribution in [-0.4, -0.2) is 21.5 Å². The van der Waals surface area contributed by atoms with Gasteiger partial charge in [0, 0.05) is 25.4 Å². The lowest BCUT2D eigenvalue weighted by molar-refractivity contribution is 0.908. The molecule has 2 aromatic heterocycles. The Hall–Kier alpha value is -1.24. The lowest BCUT2D eigenvalue weighted by atomic mass is 10.2. The molecule has 2 heterocycles. The smallest absolute Gasteiger partial charge is 0.143 e. The van der Waals surface area contributed by atoms with Crippen molar-refractivity contribution in [3.05, 3.63) is 45.2 Å². The number of pyridine rings is 1. The molecule has 0 aliphatic rings. The second-order valence-electron chi connectivity index (χ2n) is 4.35. The van der Waals surface area contributed by atoms with Gasteiger partial charge in [-0.05, 0) is 53.6 Å². The third-order valence-corrected chi connectivity index (χ3v) is 4.01. The van der Waals surface area contributed by atoms with Gasteiger partial charge in [0.15, 0.2) is 0 Å². The maximum atomic E-state index is 4.62. The fourth-order valence-corrected chi connectivity index (χ4v) is 2.17. The number of hydrogen-bond donors (Lipinski definition) is 1. The van der Waals surface area contributed by atoms with Crippen LogP contribution in [0, 0.1) is 10.5 Å². The molecule has 0 saturated carbocycles. The van der Waals surface area contributed by atoms with Crippen LogP contribution < -0.4 is 5.32 Å². The summed E-state index contributed by atoms with van der Waals surface area (Å²) in [5.41, 5.74) is 2.20. The van der Waals surface area contributed by atoms with Gasteiger partial charge in [0.1, 0.15) is 11.6 Å². The number of nitrogens with zero attached hydrogens (tertiary/aromatic N) is 3. The first-order valence-corrected chi connectivity index (χ1v) is 7.44. The fourth-order valence-electron chi connectivity index (χ4n) is 1.74. The molecule has 0 unspecified atom stereocenters. The first-order valence-electron chi connectivity index (χ1n) is 6.36. The van der Waals surface area contributed by atoms with Gasteiger partial charge in [0.25, 0.3) is 0 Å². The van der Waals surface area contributed by atoms with E-state index in [1.54, 1.807) is 12.4 Å². The second kappa shape index (κ2) is 6.79. The molecule has 100 valence electrons. The van der Waals surface area contributed by atoms with E-state index >= 15 is 0 Å². The van der Waals surface area contributed by atoms with Gasteiger partial charge in [-0.3, -0.25) is 4.98 Å². The highest BCUT2D eigenvalue weighted by molar-refractivity contribution is 14.1. The summed E-state index contributed by atoms with van der Waals surface area (Å²) in [5.74, 6) is 1.79. The van der Waals surface area contributed by atoms with Crippen LogP contribution in [0.5, 0.6) is 0 Å². The Morgan fingerprint density at radius 2 is 1.95 bits per heavy atom. The monoisotopic (exact) mass is 368 g/mol. The van der Waals surface area contributed by atoms with E-state index in [4.69, 9.17) is 0 Å². The quantitative estimate of drug-likeness (QED) is 0.824. The zero-order valence-corrected chi connectivity index (χ0v) is 13.3. The van der Waals surface area contributed by atoms with Gasteiger partial charge in [0.05, 0.1) is 9.26 Å². The van der Waals surface area contributed by atoms with E-state index in [-0.39, 0.29) is 0 Å². The van der Waals surface area contributed by atoms with Gasteiger partial charge in [-0.25, -0.2) is 9.97 Å². The highest BCUT2D eigenvalue weighted by Crippen LogP contribution is 2.19. The molecule has 2 aromatic rings. The van der Waals surface area contributed by atoms with Gasteiger partial charge in [-0.1, -0.05) is 6.92 Å². The molecule has 19 heavy (non-hydrogen) atoms. The first kappa shape index (κ1) is 14.2. The van der Waals surface area contributed by atoms with Crippen LogP contribution in [0.2, 0.25) is 0 Å². The molecule has 0 aliphatic heterocycles. The van der Waals surface area contributed by atoms with Crippen molar-refractivity contribution in [2.45, 2.75) is 26.7 Å². The van der Waals surface area contributed by atoms with E-state index in [0.29, 0.717) is 0 Å². The first-order chi connectivity index (χ1) is 9.20. The van der Waals surface area contributed by atoms with Crippen LogP contribution in [0.1, 0.15) is 30.4 Å². The average Bonchev–Trinajstić information content (AvgIpc) is 2.42. The number of halogens is 1. The third-order valence-electron chi connectivity index (χ3n) is 2.72. The maximum absolute atomic E-state index is 4.62. The number of hydrogen-bond acceptors (Lipinski definition) is 4. The van der Waals surface area contributed by atoms with Crippen LogP contribution in [0.4, 0.5) is 5.82 Å². The molecule has 0 bridgehead atoms. The van der Waals surface area contributed by atoms with Crippen molar-refractivity contribution in [1.82, 2.24) is 15.0 Å². The lowest BCUT2D eigenvalue weighted by Gasteiger charge is -2.10. The number of anilines is 1. The van der Waals surface area contributed by atoms with E-state index < -0.39 is 0 Å². The van der Waals surface area contributed by atoms with E-state index in [2.05, 4.69) is 49.8 Å². The van der Waals surface area contributed by atoms with Gasteiger partial charge in [-0.15, -0.1) is 0 Å². The summed E-state index contributed by atoms with van der Waals surface area (Å²) in [4.78, 5) is 13.2. The molecule has 0 saturated heterocycles. The predicted molar refractivity (Wildman–Crippen MR) is 85.3 cm³/mol. The molecule has 0 fully saturated rings. The van der Waals surface area contributed by atoms with Crippen LogP contribution in [0.15, 0.2) is 24.5 Å². The van der Waals surface area contributed by atoms with Crippen molar-refractivity contribution >= 4 is 28.4 Å². The highest BCUT2D eigenvalue weighted by Gasteiger charge is 2.09. The van der Waals surface area contributed by atoms with E-state index in [9.17, 15) is 0 Å². The molecule has 0 radical (unpaired) electrons. The summed E-state index contributed by atoms with van der Waals surface area (Å²) in [6.07, 6.45) is 5.41. The van der Waals surface area contributed by atoms with Crippen molar-refractivity contribution in [3.8, 4) is 0 Å². The zero-order valence-electron chi connectivity index (χ0n) is 11.2. The Balaban J connectivity index is 2.23. The van der Waals surface area contributed by atoms with Crippen LogP contribution in [-0.2, 0) is 6.42 Å². The van der Waals surface area contributed by atoms with E-state index in [1.165, 1.54) is 5.56 Å². The number of nitrogens with one attached hydrogen (secondary N) is 1. The van der Waals surface area contributed by atoms with Gasteiger partial charge in [0.2, 0.25) is 0 Å². The molecule has 4 nitrogen and oxygen atoms in total. The SMILES string of the molecule is CCCNc1nc(Cc2ccncc2)nc(C)c1I. The standard InChI is InChI=1S/C14H17IN4/c1-3-6-17-14-13(15)10(2)18-12(19-14)9-11-4-7-16-8-5-11/h4-5,7-8H,3,6,9H2,1-2H3,(H,17,18,19). The molecule has 0 aromatic carbocycles. The Bertz CT molecular complexity index is 543. The van der Waals surface area contributed by atoms with Crippen molar-refractivity contribution in [1.29, 1.82) is 0 Å². The minimum absolute atomic E-state index is 0.737. The van der Waals surface area contributed by atoms with Gasteiger partial charge >= 0.3 is 0 Å². The Morgan fingerprint density at radius 1 is 1.21 bits per heavy atom. The molecule has 0 amide bonds. The Morgan fingerprint density at radius 3 is 2.63 bits per heavy atom. The summed E-state index contributed by atoms with van der Waals surface area (Å²) in [6, 6.07) is 3.99. The molecular formula is C14H17IN4. The summed E-state index contributed by atoms with van der Waals surface area (Å²) in [6.45, 7) is 5.10. The lowest BCUT2D eigenvalue weighted by Crippen LogP contribution is -2.09. The van der Waals surface area contributed by atoms with Crippen molar-refractivity contribution in [2.24, 2.45) is 0 Å². The molecule has 0 atom stereocenters. The van der Waals surface area contributed by atoms with Crippen LogP contribution >= 0.6 is 22.6 Å². The molecule has 5 heteroatoms. The van der Waals surface area contributed by atoms with Crippen molar-refractivity contribution in [2.75, 3.05) is 11.9 Å². The minimum atomic E-state index is 0.737. The van der Waals surface area contributed by atoms with Gasteiger partial charge in [-0.2, -0.15) is 0 Å². The minimum Gasteiger partial charge on any atom is -0.369 e. The van der Waals surface area contributed by atoms with Crippen LogP contribution in [0.25, 0.3) is 0 Å². The molecule has 0 aliphatic carbocycles. The maximum Gasteiger partial charge on any atom is 0.143 e. The summed E-state index contributed by atoms with van der Waals surface area (Å²) < 4.78 is 1.10. The molecular weight excluding hydrogens is 351 g/mol. The molecule has 1 N–H and O–H groups in total. The summed E-state index contributed by atoms with van der Waals surface area (Å²) in [5, 5.41) is 3.36. The second-order valence-corrected chi connectivity index (χ2v) is 5.43. The number of aromatic nitrogens is 3. The molecule has 0 spiro atoms. The van der Waals surface area contributed by atoms with E-state index in [0.717, 1.165) is 40.3 Å². The van der Waals surface area contributed by atoms with E-state index in [1.807, 2.05) is 19.1 Å². The van der Waals surface area contributed by atoms with Crippen LogP contribution in [0.3, 0.4) is 0 Å². The zero-order chi connectivity index (χ0) is 13.7. The Kier molecular flexibility index (Phi) is 5.07. The predicted octanol–water partition coefficient (Wildman–Crippen LogP) is 3.20. The number of rotatable bonds is 5. The topological polar surface area (TPSA) is 50.7 Å². The fraction of sp³-hybridized carbons (Fsp3) is 0.357. The molecule has 2 rings (SSSR count). The Labute approximate surface area is 127 Å². The summed E-state index contributed by atoms with van der Waals surface area (Å²) >= 11 is 2.29.